The molecule has 2 aliphatic rings. The van der Waals surface area contributed by atoms with Crippen LogP contribution in [-0.2, 0) is 14.6 Å². The first-order valence-corrected chi connectivity index (χ1v) is 7.47. The molecule has 2 aliphatic heterocycles. The van der Waals surface area contributed by atoms with Gasteiger partial charge in [0.15, 0.2) is 9.84 Å². The van der Waals surface area contributed by atoms with Crippen molar-refractivity contribution in [2.75, 3.05) is 24.6 Å². The van der Waals surface area contributed by atoms with Gasteiger partial charge in [0.1, 0.15) is 0 Å². The number of carbonyl (C=O) groups is 1. The van der Waals surface area contributed by atoms with Crippen LogP contribution in [0.15, 0.2) is 0 Å². The monoisotopic (exact) mass is 247 g/mol. The molecule has 0 bridgehead atoms. The normalized spacial score (nSPS) is 33.9. The quantitative estimate of drug-likeness (QED) is 0.671. The largest absolute Gasteiger partial charge is 0.391 e. The Morgan fingerprint density at radius 1 is 1.31 bits per heavy atom. The number of hydrogen-bond donors (Lipinski definition) is 1. The summed E-state index contributed by atoms with van der Waals surface area (Å²) in [7, 11) is -3.00. The second-order valence-electron chi connectivity index (χ2n) is 4.68. The van der Waals surface area contributed by atoms with Gasteiger partial charge in [-0.15, -0.1) is 0 Å². The second kappa shape index (κ2) is 4.33. The third-order valence-corrected chi connectivity index (χ3v) is 5.06. The summed E-state index contributed by atoms with van der Waals surface area (Å²) in [6.07, 6.45) is 1.52. The minimum absolute atomic E-state index is 0.0154. The third-order valence-electron chi connectivity index (χ3n) is 3.29. The van der Waals surface area contributed by atoms with Gasteiger partial charge in [-0.25, -0.2) is 8.42 Å². The van der Waals surface area contributed by atoms with Crippen molar-refractivity contribution in [3.05, 3.63) is 0 Å². The maximum Gasteiger partial charge on any atom is 0.226 e. The SMILES string of the molecule is O=C(C1CCS(=O)(=O)C1)N1CCC[C@H](O)C1. The molecule has 16 heavy (non-hydrogen) atoms. The fraction of sp³-hybridized carbons (Fsp3) is 0.900. The van der Waals surface area contributed by atoms with Crippen LogP contribution in [0.3, 0.4) is 0 Å². The van der Waals surface area contributed by atoms with Gasteiger partial charge in [0, 0.05) is 13.1 Å². The van der Waals surface area contributed by atoms with Gasteiger partial charge in [-0.3, -0.25) is 4.79 Å². The van der Waals surface area contributed by atoms with E-state index in [1.54, 1.807) is 4.90 Å². The van der Waals surface area contributed by atoms with Crippen molar-refractivity contribution in [2.45, 2.75) is 25.4 Å². The third kappa shape index (κ3) is 2.55. The summed E-state index contributed by atoms with van der Waals surface area (Å²) in [6.45, 7) is 1.00. The van der Waals surface area contributed by atoms with Crippen molar-refractivity contribution in [1.82, 2.24) is 4.90 Å². The first-order chi connectivity index (χ1) is 7.48. The number of amides is 1. The van der Waals surface area contributed by atoms with Crippen molar-refractivity contribution in [3.63, 3.8) is 0 Å². The summed E-state index contributed by atoms with van der Waals surface area (Å²) in [5.41, 5.74) is 0. The molecule has 2 heterocycles. The first kappa shape index (κ1) is 11.9. The van der Waals surface area contributed by atoms with E-state index >= 15 is 0 Å². The van der Waals surface area contributed by atoms with Gasteiger partial charge < -0.3 is 10.0 Å². The van der Waals surface area contributed by atoms with Gasteiger partial charge in [-0.2, -0.15) is 0 Å². The molecule has 1 amide bonds. The summed E-state index contributed by atoms with van der Waals surface area (Å²) in [5, 5.41) is 9.46. The van der Waals surface area contributed by atoms with Crippen LogP contribution in [0, 0.1) is 5.92 Å². The first-order valence-electron chi connectivity index (χ1n) is 5.65. The Morgan fingerprint density at radius 2 is 2.06 bits per heavy atom. The van der Waals surface area contributed by atoms with Gasteiger partial charge in [-0.1, -0.05) is 0 Å². The van der Waals surface area contributed by atoms with Crippen LogP contribution < -0.4 is 0 Å². The van der Waals surface area contributed by atoms with E-state index in [0.29, 0.717) is 19.5 Å². The topological polar surface area (TPSA) is 74.7 Å². The Labute approximate surface area is 95.4 Å². The van der Waals surface area contributed by atoms with Crippen molar-refractivity contribution in [1.29, 1.82) is 0 Å². The van der Waals surface area contributed by atoms with Crippen LogP contribution in [0.2, 0.25) is 0 Å². The van der Waals surface area contributed by atoms with Crippen LogP contribution in [0.4, 0.5) is 0 Å². The number of carbonyl (C=O) groups excluding carboxylic acids is 1. The molecule has 0 saturated carbocycles. The fourth-order valence-electron chi connectivity index (χ4n) is 2.40. The average Bonchev–Trinajstić information content (AvgIpc) is 2.58. The lowest BCUT2D eigenvalue weighted by Crippen LogP contribution is -2.45. The molecule has 2 rings (SSSR count). The molecule has 0 aromatic rings. The Kier molecular flexibility index (Phi) is 3.21. The lowest BCUT2D eigenvalue weighted by Gasteiger charge is -2.31. The molecule has 0 aliphatic carbocycles. The summed E-state index contributed by atoms with van der Waals surface area (Å²) >= 11 is 0. The van der Waals surface area contributed by atoms with Gasteiger partial charge in [0.25, 0.3) is 0 Å². The van der Waals surface area contributed by atoms with E-state index in [2.05, 4.69) is 0 Å². The molecule has 0 aromatic heterocycles. The van der Waals surface area contributed by atoms with Crippen molar-refractivity contribution in [3.8, 4) is 0 Å². The van der Waals surface area contributed by atoms with E-state index in [1.807, 2.05) is 0 Å². The van der Waals surface area contributed by atoms with Crippen LogP contribution >= 0.6 is 0 Å². The number of hydrogen-bond acceptors (Lipinski definition) is 4. The standard InChI is InChI=1S/C10H17NO4S/c12-9-2-1-4-11(6-9)10(13)8-3-5-16(14,15)7-8/h8-9,12H,1-7H2/t8?,9-/m0/s1. The molecule has 2 atom stereocenters. The van der Waals surface area contributed by atoms with E-state index in [1.165, 1.54) is 0 Å². The fourth-order valence-corrected chi connectivity index (χ4v) is 4.14. The van der Waals surface area contributed by atoms with Crippen molar-refractivity contribution < 1.29 is 18.3 Å². The van der Waals surface area contributed by atoms with Crippen LogP contribution in [-0.4, -0.2) is 55.0 Å². The number of aliphatic hydroxyl groups excluding tert-OH is 1. The van der Waals surface area contributed by atoms with Crippen LogP contribution in [0.1, 0.15) is 19.3 Å². The molecule has 0 aromatic carbocycles. The van der Waals surface area contributed by atoms with Crippen LogP contribution in [0.25, 0.3) is 0 Å². The number of piperidine rings is 1. The van der Waals surface area contributed by atoms with Gasteiger partial charge in [0.05, 0.1) is 23.5 Å². The number of β-amino-alcohol motifs (C(OH)–C–C–N with tert-alkyl or cyclic N) is 1. The predicted octanol–water partition coefficient (Wildman–Crippen LogP) is -0.596. The molecule has 1 N–H and O–H groups in total. The predicted molar refractivity (Wildman–Crippen MR) is 58.6 cm³/mol. The van der Waals surface area contributed by atoms with Crippen molar-refractivity contribution >= 4 is 15.7 Å². The minimum Gasteiger partial charge on any atom is -0.391 e. The van der Waals surface area contributed by atoms with Gasteiger partial charge >= 0.3 is 0 Å². The Morgan fingerprint density at radius 3 is 2.62 bits per heavy atom. The molecule has 2 fully saturated rings. The molecular weight excluding hydrogens is 230 g/mol. The number of aliphatic hydroxyl groups is 1. The maximum atomic E-state index is 12.0. The molecule has 6 heteroatoms. The Bertz CT molecular complexity index is 378. The van der Waals surface area contributed by atoms with E-state index in [4.69, 9.17) is 0 Å². The highest BCUT2D eigenvalue weighted by atomic mass is 32.2. The summed E-state index contributed by atoms with van der Waals surface area (Å²) in [5.74, 6) is -0.367. The van der Waals surface area contributed by atoms with Gasteiger partial charge in [0.2, 0.25) is 5.91 Å². The van der Waals surface area contributed by atoms with E-state index < -0.39 is 15.9 Å². The number of sulfone groups is 1. The molecule has 5 nitrogen and oxygen atoms in total. The van der Waals surface area contributed by atoms with E-state index in [9.17, 15) is 18.3 Å². The molecule has 0 spiro atoms. The van der Waals surface area contributed by atoms with Gasteiger partial charge in [-0.05, 0) is 19.3 Å². The second-order valence-corrected chi connectivity index (χ2v) is 6.91. The number of rotatable bonds is 1. The lowest BCUT2D eigenvalue weighted by molar-refractivity contribution is -0.137. The smallest absolute Gasteiger partial charge is 0.226 e. The molecular formula is C10H17NO4S. The highest BCUT2D eigenvalue weighted by molar-refractivity contribution is 7.91. The zero-order chi connectivity index (χ0) is 11.8. The molecule has 1 unspecified atom stereocenters. The molecule has 0 radical (unpaired) electrons. The summed E-state index contributed by atoms with van der Waals surface area (Å²) in [4.78, 5) is 13.6. The van der Waals surface area contributed by atoms with Crippen LogP contribution in [0.5, 0.6) is 0 Å². The minimum atomic E-state index is -3.00. The average molecular weight is 247 g/mol. The maximum absolute atomic E-state index is 12.0. The van der Waals surface area contributed by atoms with E-state index in [-0.39, 0.29) is 23.3 Å². The Hall–Kier alpha value is -0.620. The van der Waals surface area contributed by atoms with Crippen molar-refractivity contribution in [2.24, 2.45) is 5.92 Å². The molecule has 92 valence electrons. The highest BCUT2D eigenvalue weighted by Crippen LogP contribution is 2.22. The Balaban J connectivity index is 1.97. The lowest BCUT2D eigenvalue weighted by atomic mass is 10.0. The highest BCUT2D eigenvalue weighted by Gasteiger charge is 2.36. The zero-order valence-electron chi connectivity index (χ0n) is 9.13. The van der Waals surface area contributed by atoms with E-state index in [0.717, 1.165) is 12.8 Å². The molecule has 2 saturated heterocycles. The summed E-state index contributed by atoms with van der Waals surface area (Å²) in [6, 6.07) is 0. The summed E-state index contributed by atoms with van der Waals surface area (Å²) < 4.78 is 22.5. The zero-order valence-corrected chi connectivity index (χ0v) is 9.95. The number of nitrogens with zero attached hydrogens (tertiary/aromatic N) is 1. The number of likely N-dealkylation sites (tertiary alicyclic amines) is 1.